The summed E-state index contributed by atoms with van der Waals surface area (Å²) in [5, 5.41) is 23.2. The van der Waals surface area contributed by atoms with Gasteiger partial charge in [0.25, 0.3) is 0 Å². The van der Waals surface area contributed by atoms with Gasteiger partial charge in [-0.1, -0.05) is 42.8 Å². The molecule has 0 unspecified atom stereocenters. The summed E-state index contributed by atoms with van der Waals surface area (Å²) in [4.78, 5) is 25.5. The van der Waals surface area contributed by atoms with Crippen LogP contribution in [0.3, 0.4) is 0 Å². The number of amides is 1. The van der Waals surface area contributed by atoms with Crippen LogP contribution in [0.5, 0.6) is 0 Å². The average Bonchev–Trinajstić information content (AvgIpc) is 3.24. The molecule has 0 spiro atoms. The van der Waals surface area contributed by atoms with E-state index in [1.807, 2.05) is 6.07 Å². The molecule has 2 fully saturated rings. The number of amidine groups is 1. The lowest BCUT2D eigenvalue weighted by Crippen LogP contribution is -2.33. The number of nitrogens with zero attached hydrogens (tertiary/aromatic N) is 4. The molecule has 1 aromatic carbocycles. The van der Waals surface area contributed by atoms with Crippen LogP contribution < -0.4 is 10.6 Å². The van der Waals surface area contributed by atoms with Gasteiger partial charge in [-0.15, -0.1) is 6.58 Å². The third-order valence-corrected chi connectivity index (χ3v) is 8.50. The van der Waals surface area contributed by atoms with E-state index >= 15 is 0 Å². The number of hydrogen-bond donors (Lipinski definition) is 4. The first-order valence-corrected chi connectivity index (χ1v) is 14.2. The minimum absolute atomic E-state index is 0.0268. The Kier molecular flexibility index (Phi) is 8.24. The fraction of sp³-hybridized carbons (Fsp3) is 0.500. The molecule has 206 valence electrons. The molecule has 0 aliphatic heterocycles. The maximum Gasteiger partial charge on any atom is 0.410 e. The Balaban J connectivity index is 1.54. The van der Waals surface area contributed by atoms with Gasteiger partial charge in [-0.3, -0.25) is 10.7 Å². The normalized spacial score (nSPS) is 20.2. The summed E-state index contributed by atoms with van der Waals surface area (Å²) in [6.45, 7) is 7.01. The van der Waals surface area contributed by atoms with E-state index in [2.05, 4.69) is 64.0 Å². The second-order valence-corrected chi connectivity index (χ2v) is 11.1. The van der Waals surface area contributed by atoms with Crippen molar-refractivity contribution in [2.45, 2.75) is 77.3 Å². The van der Waals surface area contributed by atoms with E-state index in [0.29, 0.717) is 29.2 Å². The van der Waals surface area contributed by atoms with Crippen molar-refractivity contribution in [3.63, 3.8) is 0 Å². The van der Waals surface area contributed by atoms with E-state index in [1.165, 1.54) is 24.8 Å². The second kappa shape index (κ2) is 12.0. The molecule has 9 heteroatoms. The molecule has 3 aromatic rings. The minimum Gasteiger partial charge on any atom is -0.465 e. The molecule has 39 heavy (non-hydrogen) atoms. The van der Waals surface area contributed by atoms with Crippen LogP contribution in [0.4, 0.5) is 10.6 Å². The fourth-order valence-corrected chi connectivity index (χ4v) is 5.88. The van der Waals surface area contributed by atoms with Crippen molar-refractivity contribution in [2.75, 3.05) is 5.32 Å². The molecule has 0 radical (unpaired) electrons. The van der Waals surface area contributed by atoms with Crippen LogP contribution in [0.1, 0.15) is 69.1 Å². The number of aromatic nitrogens is 4. The zero-order chi connectivity index (χ0) is 27.4. The molecule has 2 heterocycles. The van der Waals surface area contributed by atoms with Crippen LogP contribution in [-0.4, -0.2) is 42.6 Å². The molecule has 0 bridgehead atoms. The summed E-state index contributed by atoms with van der Waals surface area (Å²) >= 11 is 0. The standard InChI is InChI=1S/C30H39N7O2/c1-3-20-12-14-22(15-13-20)18-37-24(17-16-21-8-5-4-6-9-21)33-28-25(37)27(32-19(2)23-10-7-11-23)35-29(36-28)26(31)34-30(38)39/h3-6,8-9,19-20,22-23H,1,7,10-18H2,2H3,(H2,31,34)(H,38,39)(H,32,35,36)/t19-,20-,22-/m1/s1. The Bertz CT molecular complexity index is 1320. The molecule has 2 aromatic heterocycles. The number of carbonyl (C=O) groups is 1. The van der Waals surface area contributed by atoms with Crippen molar-refractivity contribution < 1.29 is 9.90 Å². The maximum atomic E-state index is 11.2. The van der Waals surface area contributed by atoms with Crippen LogP contribution in [0.15, 0.2) is 43.0 Å². The predicted molar refractivity (Wildman–Crippen MR) is 153 cm³/mol. The summed E-state index contributed by atoms with van der Waals surface area (Å²) in [6.07, 6.45) is 10.6. The topological polar surface area (TPSA) is 129 Å². The number of benzene rings is 1. The van der Waals surface area contributed by atoms with Gasteiger partial charge in [-0.25, -0.2) is 19.7 Å². The Morgan fingerprint density at radius 3 is 2.51 bits per heavy atom. The van der Waals surface area contributed by atoms with Gasteiger partial charge < -0.3 is 15.0 Å². The summed E-state index contributed by atoms with van der Waals surface area (Å²) in [6, 6.07) is 10.6. The van der Waals surface area contributed by atoms with Crippen LogP contribution in [-0.2, 0) is 19.4 Å². The van der Waals surface area contributed by atoms with E-state index < -0.39 is 6.09 Å². The molecule has 1 atom stereocenters. The fourth-order valence-electron chi connectivity index (χ4n) is 5.88. The number of rotatable bonds is 10. The van der Waals surface area contributed by atoms with Crippen LogP contribution in [0.2, 0.25) is 0 Å². The zero-order valence-corrected chi connectivity index (χ0v) is 22.7. The van der Waals surface area contributed by atoms with Crippen LogP contribution in [0, 0.1) is 23.2 Å². The third-order valence-electron chi connectivity index (χ3n) is 8.50. The molecule has 4 N–H and O–H groups in total. The molecule has 1 amide bonds. The first-order valence-electron chi connectivity index (χ1n) is 14.2. The molecular weight excluding hydrogens is 490 g/mol. The van der Waals surface area contributed by atoms with E-state index in [0.717, 1.165) is 56.4 Å². The number of anilines is 1. The lowest BCUT2D eigenvalue weighted by molar-refractivity contribution is 0.200. The van der Waals surface area contributed by atoms with Crippen molar-refractivity contribution in [1.82, 2.24) is 24.8 Å². The van der Waals surface area contributed by atoms with Crippen LogP contribution in [0.25, 0.3) is 11.2 Å². The Labute approximate surface area is 229 Å². The highest BCUT2D eigenvalue weighted by molar-refractivity contribution is 6.03. The Morgan fingerprint density at radius 2 is 1.87 bits per heavy atom. The number of hydrogen-bond acceptors (Lipinski definition) is 6. The van der Waals surface area contributed by atoms with Gasteiger partial charge in [-0.05, 0) is 75.2 Å². The number of aryl methyl sites for hydroxylation is 2. The van der Waals surface area contributed by atoms with Crippen molar-refractivity contribution in [1.29, 1.82) is 5.41 Å². The van der Waals surface area contributed by atoms with Gasteiger partial charge in [0, 0.05) is 19.0 Å². The first-order chi connectivity index (χ1) is 18.9. The number of fused-ring (bicyclic) bond motifs is 1. The zero-order valence-electron chi connectivity index (χ0n) is 22.7. The smallest absolute Gasteiger partial charge is 0.410 e. The van der Waals surface area contributed by atoms with Crippen molar-refractivity contribution in [3.8, 4) is 0 Å². The summed E-state index contributed by atoms with van der Waals surface area (Å²) < 4.78 is 2.30. The predicted octanol–water partition coefficient (Wildman–Crippen LogP) is 5.80. The molecule has 5 rings (SSSR count). The Morgan fingerprint density at radius 1 is 1.13 bits per heavy atom. The second-order valence-electron chi connectivity index (χ2n) is 11.1. The summed E-state index contributed by atoms with van der Waals surface area (Å²) in [5.74, 6) is 2.94. The number of carboxylic acid groups (broad SMARTS) is 1. The van der Waals surface area contributed by atoms with Gasteiger partial charge in [0.1, 0.15) is 11.3 Å². The molecule has 2 saturated carbocycles. The average molecular weight is 530 g/mol. The van der Waals surface area contributed by atoms with E-state index in [1.54, 1.807) is 0 Å². The van der Waals surface area contributed by atoms with Crippen LogP contribution >= 0.6 is 0 Å². The number of imidazole rings is 1. The lowest BCUT2D eigenvalue weighted by Gasteiger charge is -2.32. The highest BCUT2D eigenvalue weighted by Gasteiger charge is 2.28. The molecular formula is C30H39N7O2. The van der Waals surface area contributed by atoms with Crippen molar-refractivity contribution >= 4 is 28.9 Å². The van der Waals surface area contributed by atoms with Gasteiger partial charge >= 0.3 is 6.09 Å². The highest BCUT2D eigenvalue weighted by atomic mass is 16.4. The van der Waals surface area contributed by atoms with Gasteiger partial charge in [-0.2, -0.15) is 0 Å². The van der Waals surface area contributed by atoms with Crippen molar-refractivity contribution in [2.24, 2.45) is 17.8 Å². The monoisotopic (exact) mass is 529 g/mol. The third kappa shape index (κ3) is 6.29. The number of allylic oxidation sites excluding steroid dienone is 1. The minimum atomic E-state index is -1.31. The highest BCUT2D eigenvalue weighted by Crippen LogP contribution is 2.35. The van der Waals surface area contributed by atoms with Crippen molar-refractivity contribution in [3.05, 3.63) is 60.2 Å². The summed E-state index contributed by atoms with van der Waals surface area (Å²) in [5.41, 5.74) is 2.60. The lowest BCUT2D eigenvalue weighted by atomic mass is 9.80. The van der Waals surface area contributed by atoms with Gasteiger partial charge in [0.15, 0.2) is 23.1 Å². The number of nitrogens with one attached hydrogen (secondary N) is 3. The summed E-state index contributed by atoms with van der Waals surface area (Å²) in [7, 11) is 0. The van der Waals surface area contributed by atoms with E-state index in [4.69, 9.17) is 15.4 Å². The molecule has 9 nitrogen and oxygen atoms in total. The van der Waals surface area contributed by atoms with E-state index in [-0.39, 0.29) is 17.7 Å². The first kappa shape index (κ1) is 26.8. The Hall–Kier alpha value is -3.75. The maximum absolute atomic E-state index is 11.2. The molecule has 0 saturated heterocycles. The molecule has 2 aliphatic rings. The molecule has 2 aliphatic carbocycles. The largest absolute Gasteiger partial charge is 0.465 e. The SMILES string of the molecule is C=C[C@H]1CC[C@H](Cn2c(CCc3ccccc3)nc3nc(C(=N)NC(=O)O)nc(N[C@H](C)C4CCC4)c32)CC1. The van der Waals surface area contributed by atoms with Gasteiger partial charge in [0.2, 0.25) is 0 Å². The quantitative estimate of drug-likeness (QED) is 0.149. The van der Waals surface area contributed by atoms with E-state index in [9.17, 15) is 9.90 Å². The van der Waals surface area contributed by atoms with Gasteiger partial charge in [0.05, 0.1) is 0 Å².